The Morgan fingerprint density at radius 3 is 2.16 bits per heavy atom. The molecule has 0 amide bonds. The van der Waals surface area contributed by atoms with Crippen molar-refractivity contribution in [1.29, 1.82) is 0 Å². The largest absolute Gasteiger partial charge is 0.508 e. The Labute approximate surface area is 115 Å². The quantitative estimate of drug-likeness (QED) is 0.827. The van der Waals surface area contributed by atoms with E-state index in [1.54, 1.807) is 0 Å². The van der Waals surface area contributed by atoms with Crippen LogP contribution in [0, 0.1) is 13.8 Å². The zero-order valence-corrected chi connectivity index (χ0v) is 12.0. The van der Waals surface area contributed by atoms with E-state index in [0.29, 0.717) is 5.75 Å². The number of phenols is 1. The summed E-state index contributed by atoms with van der Waals surface area (Å²) in [5, 5.41) is 9.60. The second-order valence-corrected chi connectivity index (χ2v) is 5.13. The van der Waals surface area contributed by atoms with Gasteiger partial charge in [-0.2, -0.15) is 0 Å². The summed E-state index contributed by atoms with van der Waals surface area (Å²) in [6, 6.07) is 7.95. The summed E-state index contributed by atoms with van der Waals surface area (Å²) in [4.78, 5) is 0. The van der Waals surface area contributed by atoms with Crippen molar-refractivity contribution in [3.05, 3.63) is 47.8 Å². The van der Waals surface area contributed by atoms with Crippen molar-refractivity contribution in [1.82, 2.24) is 0 Å². The molecule has 19 heavy (non-hydrogen) atoms. The molecule has 1 aromatic heterocycles. The van der Waals surface area contributed by atoms with Crippen LogP contribution in [0.15, 0.2) is 36.7 Å². The Hall–Kier alpha value is -1.83. The summed E-state index contributed by atoms with van der Waals surface area (Å²) in [7, 11) is 0. The van der Waals surface area contributed by atoms with Crippen LogP contribution in [0.5, 0.6) is 5.75 Å². The number of rotatable bonds is 4. The maximum absolute atomic E-state index is 9.60. The fourth-order valence-electron chi connectivity index (χ4n) is 2.51. The van der Waals surface area contributed by atoms with Gasteiger partial charge < -0.3 is 5.11 Å². The highest BCUT2D eigenvalue weighted by Crippen LogP contribution is 2.29. The third-order valence-corrected chi connectivity index (χ3v) is 3.47. The molecular weight excluding hydrogens is 234 g/mol. The van der Waals surface area contributed by atoms with Crippen LogP contribution < -0.4 is 4.57 Å². The number of pyridine rings is 1. The first-order valence-corrected chi connectivity index (χ1v) is 6.91. The van der Waals surface area contributed by atoms with E-state index in [0.717, 1.165) is 17.7 Å². The van der Waals surface area contributed by atoms with Crippen LogP contribution in [0.4, 0.5) is 0 Å². The van der Waals surface area contributed by atoms with Crippen LogP contribution in [0.1, 0.15) is 30.9 Å². The minimum absolute atomic E-state index is 0.340. The number of phenolic OH excluding ortho intramolecular Hbond substituents is 1. The Morgan fingerprint density at radius 2 is 1.63 bits per heavy atom. The minimum Gasteiger partial charge on any atom is -0.508 e. The molecule has 100 valence electrons. The van der Waals surface area contributed by atoms with Gasteiger partial charge in [-0.05, 0) is 48.2 Å². The summed E-state index contributed by atoms with van der Waals surface area (Å²) in [6.07, 6.45) is 6.69. The lowest BCUT2D eigenvalue weighted by Crippen LogP contribution is -2.32. The summed E-state index contributed by atoms with van der Waals surface area (Å²) in [6.45, 7) is 7.36. The third-order valence-electron chi connectivity index (χ3n) is 3.47. The molecule has 0 aliphatic carbocycles. The van der Waals surface area contributed by atoms with Crippen LogP contribution in [-0.2, 0) is 6.54 Å². The second kappa shape index (κ2) is 5.87. The smallest absolute Gasteiger partial charge is 0.169 e. The average molecular weight is 256 g/mol. The Kier molecular flexibility index (Phi) is 4.20. The minimum atomic E-state index is 0.340. The number of unbranched alkanes of at least 4 members (excludes halogenated alkanes) is 1. The van der Waals surface area contributed by atoms with Gasteiger partial charge >= 0.3 is 0 Å². The predicted octanol–water partition coefficient (Wildman–Crippen LogP) is 3.76. The highest BCUT2D eigenvalue weighted by atomic mass is 16.3. The standard InChI is InChI=1S/C17H21NO/c1-4-5-8-18-9-6-15(7-10-18)17-13(2)11-16(19)12-14(17)3/h6-7,9-12H,4-5,8H2,1-3H3/p+1. The molecule has 2 rings (SSSR count). The SMILES string of the molecule is CCCC[n+]1ccc(-c2c(C)cc(O)cc2C)cc1. The number of aryl methyl sites for hydroxylation is 3. The predicted molar refractivity (Wildman–Crippen MR) is 78.1 cm³/mol. The van der Waals surface area contributed by atoms with Crippen LogP contribution in [0.2, 0.25) is 0 Å². The van der Waals surface area contributed by atoms with Gasteiger partial charge in [-0.1, -0.05) is 13.3 Å². The van der Waals surface area contributed by atoms with Crippen LogP contribution >= 0.6 is 0 Å². The van der Waals surface area contributed by atoms with Gasteiger partial charge in [-0.3, -0.25) is 0 Å². The van der Waals surface area contributed by atoms with Gasteiger partial charge in [0.05, 0.1) is 0 Å². The molecule has 0 aliphatic heterocycles. The number of hydrogen-bond acceptors (Lipinski definition) is 1. The first-order valence-electron chi connectivity index (χ1n) is 6.91. The molecule has 2 heteroatoms. The van der Waals surface area contributed by atoms with Crippen molar-refractivity contribution in [2.24, 2.45) is 0 Å². The van der Waals surface area contributed by atoms with Crippen LogP contribution in [-0.4, -0.2) is 5.11 Å². The summed E-state index contributed by atoms with van der Waals surface area (Å²) >= 11 is 0. The molecule has 1 heterocycles. The molecule has 0 aliphatic rings. The molecular formula is C17H22NO+. The fraction of sp³-hybridized carbons (Fsp3) is 0.353. The average Bonchev–Trinajstić information content (AvgIpc) is 2.36. The second-order valence-electron chi connectivity index (χ2n) is 5.13. The van der Waals surface area contributed by atoms with Gasteiger partial charge in [0.25, 0.3) is 0 Å². The van der Waals surface area contributed by atoms with Crippen molar-refractivity contribution >= 4 is 0 Å². The lowest BCUT2D eigenvalue weighted by molar-refractivity contribution is -0.697. The first kappa shape index (κ1) is 13.6. The van der Waals surface area contributed by atoms with Gasteiger partial charge in [-0.15, -0.1) is 0 Å². The van der Waals surface area contributed by atoms with E-state index in [-0.39, 0.29) is 0 Å². The number of aromatic nitrogens is 1. The zero-order valence-electron chi connectivity index (χ0n) is 12.0. The van der Waals surface area contributed by atoms with Crippen molar-refractivity contribution in [3.8, 4) is 16.9 Å². The number of benzene rings is 1. The van der Waals surface area contributed by atoms with Gasteiger partial charge in [0.2, 0.25) is 0 Å². The maximum Gasteiger partial charge on any atom is 0.169 e. The van der Waals surface area contributed by atoms with Crippen molar-refractivity contribution in [2.45, 2.75) is 40.2 Å². The van der Waals surface area contributed by atoms with Crippen molar-refractivity contribution < 1.29 is 9.67 Å². The van der Waals surface area contributed by atoms with E-state index in [1.807, 2.05) is 26.0 Å². The summed E-state index contributed by atoms with van der Waals surface area (Å²) in [5.74, 6) is 0.340. The van der Waals surface area contributed by atoms with Crippen molar-refractivity contribution in [3.63, 3.8) is 0 Å². The molecule has 0 spiro atoms. The number of hydrogen-bond donors (Lipinski definition) is 1. The fourth-order valence-corrected chi connectivity index (χ4v) is 2.51. The van der Waals surface area contributed by atoms with Gasteiger partial charge in [0.15, 0.2) is 12.4 Å². The highest BCUT2D eigenvalue weighted by Gasteiger charge is 2.09. The molecule has 1 N–H and O–H groups in total. The molecule has 0 saturated carbocycles. The summed E-state index contributed by atoms with van der Waals surface area (Å²) < 4.78 is 2.22. The van der Waals surface area contributed by atoms with E-state index in [4.69, 9.17) is 0 Å². The molecule has 0 fully saturated rings. The van der Waals surface area contributed by atoms with E-state index in [9.17, 15) is 5.11 Å². The first-order chi connectivity index (χ1) is 9.11. The Bertz CT molecular complexity index is 535. The normalized spacial score (nSPS) is 10.7. The molecule has 0 unspecified atom stereocenters. The molecule has 0 radical (unpaired) electrons. The van der Waals surface area contributed by atoms with E-state index >= 15 is 0 Å². The van der Waals surface area contributed by atoms with Crippen molar-refractivity contribution in [2.75, 3.05) is 0 Å². The molecule has 2 aromatic rings. The van der Waals surface area contributed by atoms with Gasteiger partial charge in [-0.25, -0.2) is 4.57 Å². The molecule has 2 nitrogen and oxygen atoms in total. The molecule has 1 aromatic carbocycles. The van der Waals surface area contributed by atoms with E-state index < -0.39 is 0 Å². The van der Waals surface area contributed by atoms with E-state index in [1.165, 1.54) is 24.0 Å². The van der Waals surface area contributed by atoms with Crippen LogP contribution in [0.3, 0.4) is 0 Å². The number of nitrogens with zero attached hydrogens (tertiary/aromatic N) is 1. The Balaban J connectivity index is 2.32. The topological polar surface area (TPSA) is 24.1 Å². The van der Waals surface area contributed by atoms with Gasteiger partial charge in [0.1, 0.15) is 12.3 Å². The van der Waals surface area contributed by atoms with Gasteiger partial charge in [0, 0.05) is 18.6 Å². The molecule has 0 atom stereocenters. The highest BCUT2D eigenvalue weighted by molar-refractivity contribution is 5.71. The lowest BCUT2D eigenvalue weighted by atomic mass is 9.96. The third kappa shape index (κ3) is 3.14. The van der Waals surface area contributed by atoms with Crippen LogP contribution in [0.25, 0.3) is 11.1 Å². The monoisotopic (exact) mass is 256 g/mol. The maximum atomic E-state index is 9.60. The molecule has 0 saturated heterocycles. The summed E-state index contributed by atoms with van der Waals surface area (Å²) in [5.41, 5.74) is 4.66. The molecule has 0 bridgehead atoms. The zero-order chi connectivity index (χ0) is 13.8. The number of aromatic hydroxyl groups is 1. The lowest BCUT2D eigenvalue weighted by Gasteiger charge is -2.10. The van der Waals surface area contributed by atoms with E-state index in [2.05, 4.69) is 36.0 Å². The Morgan fingerprint density at radius 1 is 1.05 bits per heavy atom.